The van der Waals surface area contributed by atoms with Crippen molar-refractivity contribution in [3.63, 3.8) is 0 Å². The van der Waals surface area contributed by atoms with E-state index in [1.54, 1.807) is 41.5 Å². The molecule has 42 heavy (non-hydrogen) atoms. The fraction of sp³-hybridized carbons (Fsp3) is 0.562. The number of hydrogen-bond acceptors (Lipinski definition) is 7. The van der Waals surface area contributed by atoms with Crippen LogP contribution < -0.4 is 5.32 Å². The SMILES string of the molecule is C=CC(CC(O)C(Cc1ccccc1)NC(=O)C(Cc1cn(C(=O)OC(C)(C)C)cn1)N(C=O)OC(C)(C)C)C(C)C. The van der Waals surface area contributed by atoms with Gasteiger partial charge >= 0.3 is 6.09 Å². The van der Waals surface area contributed by atoms with Gasteiger partial charge in [-0.2, -0.15) is 0 Å². The molecule has 10 heteroatoms. The average Bonchev–Trinajstić information content (AvgIpc) is 3.36. The molecule has 10 nitrogen and oxygen atoms in total. The summed E-state index contributed by atoms with van der Waals surface area (Å²) in [5, 5.41) is 15.3. The number of hydroxylamine groups is 2. The van der Waals surface area contributed by atoms with Crippen LogP contribution in [0.2, 0.25) is 0 Å². The lowest BCUT2D eigenvalue weighted by Crippen LogP contribution is -2.55. The number of imidazole rings is 1. The van der Waals surface area contributed by atoms with E-state index in [2.05, 4.69) is 30.7 Å². The van der Waals surface area contributed by atoms with E-state index < -0.39 is 41.4 Å². The Labute approximate surface area is 250 Å². The molecule has 0 spiro atoms. The largest absolute Gasteiger partial charge is 0.443 e. The Kier molecular flexibility index (Phi) is 12.5. The Balaban J connectivity index is 2.39. The predicted octanol–water partition coefficient (Wildman–Crippen LogP) is 4.70. The molecule has 4 atom stereocenters. The normalized spacial score (nSPS) is 14.9. The minimum absolute atomic E-state index is 0.0403. The van der Waals surface area contributed by atoms with E-state index >= 15 is 0 Å². The summed E-state index contributed by atoms with van der Waals surface area (Å²) in [6.07, 6.45) is 4.26. The number of allylic oxidation sites excluding steroid dienone is 1. The molecule has 1 heterocycles. The number of nitrogens with one attached hydrogen (secondary N) is 1. The molecule has 232 valence electrons. The number of carbonyl (C=O) groups excluding carboxylic acids is 3. The molecule has 2 aromatic rings. The first kappa shape index (κ1) is 34.7. The van der Waals surface area contributed by atoms with Crippen LogP contribution in [-0.4, -0.2) is 67.5 Å². The van der Waals surface area contributed by atoms with Gasteiger partial charge in [-0.05, 0) is 71.8 Å². The topological polar surface area (TPSA) is 123 Å². The van der Waals surface area contributed by atoms with Gasteiger partial charge in [0.05, 0.1) is 23.4 Å². The number of aliphatic hydroxyl groups is 1. The molecule has 1 aromatic heterocycles. The highest BCUT2D eigenvalue weighted by Gasteiger charge is 2.34. The summed E-state index contributed by atoms with van der Waals surface area (Å²) in [4.78, 5) is 48.8. The maximum absolute atomic E-state index is 13.9. The van der Waals surface area contributed by atoms with Crippen molar-refractivity contribution in [1.82, 2.24) is 19.9 Å². The molecular weight excluding hydrogens is 536 g/mol. The highest BCUT2D eigenvalue weighted by Crippen LogP contribution is 2.22. The lowest BCUT2D eigenvalue weighted by Gasteiger charge is -2.34. The predicted molar refractivity (Wildman–Crippen MR) is 161 cm³/mol. The highest BCUT2D eigenvalue weighted by molar-refractivity contribution is 5.84. The van der Waals surface area contributed by atoms with Crippen LogP contribution in [0, 0.1) is 11.8 Å². The molecule has 0 aliphatic carbocycles. The molecule has 2 N–H and O–H groups in total. The quantitative estimate of drug-likeness (QED) is 0.187. The van der Waals surface area contributed by atoms with Gasteiger partial charge in [-0.1, -0.05) is 50.3 Å². The second-order valence-corrected chi connectivity index (χ2v) is 12.9. The number of hydrogen-bond donors (Lipinski definition) is 2. The first-order valence-electron chi connectivity index (χ1n) is 14.4. The van der Waals surface area contributed by atoms with Gasteiger partial charge in [-0.25, -0.2) is 19.4 Å². The molecule has 0 aliphatic rings. The number of aromatic nitrogens is 2. The molecule has 2 rings (SSSR count). The van der Waals surface area contributed by atoms with Crippen molar-refractivity contribution in [3.05, 3.63) is 66.8 Å². The van der Waals surface area contributed by atoms with Crippen molar-refractivity contribution < 1.29 is 29.1 Å². The lowest BCUT2D eigenvalue weighted by molar-refractivity contribution is -0.231. The molecule has 2 amide bonds. The van der Waals surface area contributed by atoms with E-state index in [-0.39, 0.29) is 18.3 Å². The summed E-state index contributed by atoms with van der Waals surface area (Å²) in [6.45, 7) is 18.6. The average molecular weight is 585 g/mol. The van der Waals surface area contributed by atoms with Crippen LogP contribution in [0.3, 0.4) is 0 Å². The Morgan fingerprint density at radius 1 is 1.10 bits per heavy atom. The zero-order valence-electron chi connectivity index (χ0n) is 26.2. The summed E-state index contributed by atoms with van der Waals surface area (Å²) in [6, 6.07) is 7.76. The first-order chi connectivity index (χ1) is 19.5. The first-order valence-corrected chi connectivity index (χ1v) is 14.4. The van der Waals surface area contributed by atoms with Gasteiger partial charge in [0, 0.05) is 12.6 Å². The molecule has 0 radical (unpaired) electrons. The zero-order chi connectivity index (χ0) is 31.7. The molecule has 4 unspecified atom stereocenters. The van der Waals surface area contributed by atoms with Gasteiger partial charge in [-0.3, -0.25) is 14.4 Å². The van der Waals surface area contributed by atoms with Crippen LogP contribution in [0.4, 0.5) is 4.79 Å². The monoisotopic (exact) mass is 584 g/mol. The number of nitrogens with zero attached hydrogens (tertiary/aromatic N) is 3. The fourth-order valence-corrected chi connectivity index (χ4v) is 4.37. The maximum atomic E-state index is 13.9. The Morgan fingerprint density at radius 3 is 2.26 bits per heavy atom. The van der Waals surface area contributed by atoms with Crippen LogP contribution in [0.5, 0.6) is 0 Å². The van der Waals surface area contributed by atoms with Crippen molar-refractivity contribution in [2.75, 3.05) is 0 Å². The van der Waals surface area contributed by atoms with E-state index in [0.717, 1.165) is 10.6 Å². The third-order valence-electron chi connectivity index (χ3n) is 6.50. The summed E-state index contributed by atoms with van der Waals surface area (Å²) < 4.78 is 6.59. The van der Waals surface area contributed by atoms with E-state index in [0.29, 0.717) is 24.9 Å². The summed E-state index contributed by atoms with van der Waals surface area (Å²) >= 11 is 0. The minimum atomic E-state index is -1.14. The number of amides is 2. The van der Waals surface area contributed by atoms with Crippen LogP contribution in [-0.2, 0) is 32.0 Å². The molecular formula is C32H48N4O6. The Bertz CT molecular complexity index is 1170. The number of aliphatic hydroxyl groups excluding tert-OH is 1. The van der Waals surface area contributed by atoms with E-state index in [1.807, 2.05) is 36.4 Å². The Morgan fingerprint density at radius 2 is 1.74 bits per heavy atom. The summed E-state index contributed by atoms with van der Waals surface area (Å²) in [5.74, 6) is -0.236. The smallest absolute Gasteiger partial charge is 0.419 e. The minimum Gasteiger partial charge on any atom is -0.443 e. The summed E-state index contributed by atoms with van der Waals surface area (Å²) in [7, 11) is 0. The molecule has 0 fully saturated rings. The lowest BCUT2D eigenvalue weighted by atomic mass is 9.86. The van der Waals surface area contributed by atoms with Gasteiger partial charge in [0.15, 0.2) is 0 Å². The zero-order valence-corrected chi connectivity index (χ0v) is 26.2. The molecule has 0 bridgehead atoms. The molecule has 0 aliphatic heterocycles. The van der Waals surface area contributed by atoms with Crippen molar-refractivity contribution in [3.8, 4) is 0 Å². The summed E-state index contributed by atoms with van der Waals surface area (Å²) in [5.41, 5.74) is -0.176. The van der Waals surface area contributed by atoms with Crippen molar-refractivity contribution in [2.24, 2.45) is 11.8 Å². The Hall–Kier alpha value is -3.50. The van der Waals surface area contributed by atoms with Crippen LogP contribution in [0.1, 0.15) is 73.1 Å². The second kappa shape index (κ2) is 15.1. The number of carbonyl (C=O) groups is 3. The van der Waals surface area contributed by atoms with Crippen LogP contribution in [0.25, 0.3) is 0 Å². The van der Waals surface area contributed by atoms with E-state index in [9.17, 15) is 19.5 Å². The van der Waals surface area contributed by atoms with E-state index in [4.69, 9.17) is 9.57 Å². The number of ether oxygens (including phenoxy) is 1. The molecule has 0 saturated carbocycles. The number of benzene rings is 1. The van der Waals surface area contributed by atoms with Gasteiger partial charge in [0.25, 0.3) is 0 Å². The van der Waals surface area contributed by atoms with Gasteiger partial charge < -0.3 is 15.2 Å². The van der Waals surface area contributed by atoms with Gasteiger partial charge in [0.2, 0.25) is 12.3 Å². The van der Waals surface area contributed by atoms with Crippen LogP contribution >= 0.6 is 0 Å². The fourth-order valence-electron chi connectivity index (χ4n) is 4.37. The maximum Gasteiger partial charge on any atom is 0.419 e. The molecule has 1 aromatic carbocycles. The van der Waals surface area contributed by atoms with Crippen molar-refractivity contribution >= 4 is 18.4 Å². The molecule has 0 saturated heterocycles. The number of rotatable bonds is 14. The van der Waals surface area contributed by atoms with Crippen LogP contribution in [0.15, 0.2) is 55.5 Å². The third-order valence-corrected chi connectivity index (χ3v) is 6.50. The van der Waals surface area contributed by atoms with Gasteiger partial charge in [-0.15, -0.1) is 6.58 Å². The highest BCUT2D eigenvalue weighted by atomic mass is 16.7. The van der Waals surface area contributed by atoms with Gasteiger partial charge in [0.1, 0.15) is 18.0 Å². The standard InChI is InChI=1S/C32H48N4O6/c1-10-24(22(2)3)17-28(38)26(16-23-14-12-11-13-15-23)34-29(39)27(36(21-37)42-32(7,8)9)18-25-19-35(20-33-25)30(40)41-31(4,5)6/h10-15,19-22,24,26-28,38H,1,16-18H2,2-9H3,(H,34,39). The van der Waals surface area contributed by atoms with E-state index in [1.165, 1.54) is 17.1 Å². The third kappa shape index (κ3) is 11.4. The van der Waals surface area contributed by atoms with Crippen molar-refractivity contribution in [1.29, 1.82) is 0 Å². The second-order valence-electron chi connectivity index (χ2n) is 12.9. The van der Waals surface area contributed by atoms with Crippen molar-refractivity contribution in [2.45, 2.75) is 104 Å².